The molecule has 1 aromatic carbocycles. The number of imidazole rings is 1. The number of anilines is 1. The maximum absolute atomic E-state index is 6.13. The van der Waals surface area contributed by atoms with E-state index >= 15 is 0 Å². The van der Waals surface area contributed by atoms with Crippen molar-refractivity contribution in [2.75, 3.05) is 5.73 Å². The normalized spacial score (nSPS) is 13.0. The summed E-state index contributed by atoms with van der Waals surface area (Å²) in [6.45, 7) is 8.30. The van der Waals surface area contributed by atoms with Gasteiger partial charge >= 0.3 is 0 Å². The van der Waals surface area contributed by atoms with Gasteiger partial charge in [-0.15, -0.1) is 11.3 Å². The number of nitrogens with two attached hydrogens (primary N) is 1. The molecule has 0 aliphatic rings. The zero-order valence-corrected chi connectivity index (χ0v) is 13.0. The Bertz CT molecular complexity index is 785. The van der Waals surface area contributed by atoms with E-state index in [1.165, 1.54) is 10.4 Å². The molecule has 1 atom stereocenters. The van der Waals surface area contributed by atoms with Crippen LogP contribution in [0.4, 0.5) is 5.95 Å². The Hall–Kier alpha value is -1.88. The highest BCUT2D eigenvalue weighted by Gasteiger charge is 2.19. The van der Waals surface area contributed by atoms with Crippen LogP contribution in [-0.2, 0) is 0 Å². The van der Waals surface area contributed by atoms with Crippen LogP contribution >= 0.6 is 11.3 Å². The predicted octanol–water partition coefficient (Wildman–Crippen LogP) is 3.61. The van der Waals surface area contributed by atoms with Gasteiger partial charge in [-0.2, -0.15) is 0 Å². The van der Waals surface area contributed by atoms with Crippen LogP contribution in [0.3, 0.4) is 0 Å². The smallest absolute Gasteiger partial charge is 0.201 e. The Morgan fingerprint density at radius 3 is 2.60 bits per heavy atom. The van der Waals surface area contributed by atoms with Crippen molar-refractivity contribution < 1.29 is 0 Å². The summed E-state index contributed by atoms with van der Waals surface area (Å²) in [4.78, 5) is 10.2. The van der Waals surface area contributed by atoms with E-state index in [0.717, 1.165) is 21.7 Å². The van der Waals surface area contributed by atoms with Crippen molar-refractivity contribution >= 4 is 28.3 Å². The minimum absolute atomic E-state index is 0.147. The molecule has 0 saturated carbocycles. The molecule has 3 rings (SSSR count). The van der Waals surface area contributed by atoms with E-state index in [0.29, 0.717) is 5.95 Å². The Balaban J connectivity index is 2.18. The van der Waals surface area contributed by atoms with Gasteiger partial charge in [0.25, 0.3) is 0 Å². The van der Waals surface area contributed by atoms with Gasteiger partial charge in [0.15, 0.2) is 0 Å². The summed E-state index contributed by atoms with van der Waals surface area (Å²) in [5.41, 5.74) is 10.4. The van der Waals surface area contributed by atoms with Crippen molar-refractivity contribution in [3.05, 3.63) is 39.3 Å². The third-order valence-corrected chi connectivity index (χ3v) is 4.82. The molecule has 1 unspecified atom stereocenters. The Kier molecular flexibility index (Phi) is 3.01. The Morgan fingerprint density at radius 2 is 1.95 bits per heavy atom. The van der Waals surface area contributed by atoms with Gasteiger partial charge in [-0.25, -0.2) is 9.97 Å². The van der Waals surface area contributed by atoms with Crippen molar-refractivity contribution in [1.29, 1.82) is 0 Å². The molecule has 0 bridgehead atoms. The summed E-state index contributed by atoms with van der Waals surface area (Å²) in [6.07, 6.45) is 0. The lowest BCUT2D eigenvalue weighted by molar-refractivity contribution is 0.674. The number of rotatable bonds is 2. The summed E-state index contributed by atoms with van der Waals surface area (Å²) in [5.74, 6) is 0.559. The third kappa shape index (κ3) is 1.98. The predicted molar refractivity (Wildman–Crippen MR) is 84.3 cm³/mol. The number of hydrogen-bond donors (Lipinski definition) is 1. The van der Waals surface area contributed by atoms with Crippen molar-refractivity contribution in [2.24, 2.45) is 0 Å². The molecule has 0 amide bonds. The van der Waals surface area contributed by atoms with Gasteiger partial charge in [-0.05, 0) is 45.4 Å². The lowest BCUT2D eigenvalue weighted by Crippen LogP contribution is -2.09. The van der Waals surface area contributed by atoms with Gasteiger partial charge in [0.2, 0.25) is 5.95 Å². The summed E-state index contributed by atoms with van der Waals surface area (Å²) < 4.78 is 2.09. The second kappa shape index (κ2) is 4.59. The Labute approximate surface area is 122 Å². The number of benzene rings is 1. The average molecular weight is 286 g/mol. The second-order valence-electron chi connectivity index (χ2n) is 5.19. The van der Waals surface area contributed by atoms with E-state index in [1.54, 1.807) is 11.3 Å². The van der Waals surface area contributed by atoms with Gasteiger partial charge in [0.1, 0.15) is 0 Å². The molecule has 4 nitrogen and oxygen atoms in total. The molecular weight excluding hydrogens is 268 g/mol. The number of fused-ring (bicyclic) bond motifs is 1. The van der Waals surface area contributed by atoms with Crippen molar-refractivity contribution in [3.63, 3.8) is 0 Å². The molecule has 3 aromatic rings. The number of nitrogen functional groups attached to an aromatic ring is 1. The van der Waals surface area contributed by atoms with Crippen molar-refractivity contribution in [3.8, 4) is 0 Å². The van der Waals surface area contributed by atoms with Gasteiger partial charge in [0, 0.05) is 0 Å². The summed E-state index contributed by atoms with van der Waals surface area (Å²) in [5, 5.41) is 1.09. The molecule has 0 aliphatic carbocycles. The maximum Gasteiger partial charge on any atom is 0.201 e. The zero-order chi connectivity index (χ0) is 14.4. The average Bonchev–Trinajstić information content (AvgIpc) is 2.87. The molecule has 2 N–H and O–H groups in total. The molecule has 0 spiro atoms. The minimum atomic E-state index is 0.147. The van der Waals surface area contributed by atoms with Crippen LogP contribution in [0.5, 0.6) is 0 Å². The molecule has 20 heavy (non-hydrogen) atoms. The largest absolute Gasteiger partial charge is 0.369 e. The number of aryl methyl sites for hydroxylation is 3. The van der Waals surface area contributed by atoms with E-state index < -0.39 is 0 Å². The molecule has 0 radical (unpaired) electrons. The standard InChI is InChI=1S/C15H18N4S/c1-8-5-6-13-12(7-8)18-15(16)19(13)10(3)14-9(2)17-11(4)20-14/h5-7,10H,1-4H3,(H2,16,18). The molecule has 2 aromatic heterocycles. The van der Waals surface area contributed by atoms with E-state index in [4.69, 9.17) is 5.73 Å². The fourth-order valence-electron chi connectivity index (χ4n) is 2.69. The lowest BCUT2D eigenvalue weighted by atomic mass is 10.2. The number of nitrogens with zero attached hydrogens (tertiary/aromatic N) is 3. The van der Waals surface area contributed by atoms with E-state index in [2.05, 4.69) is 53.5 Å². The van der Waals surface area contributed by atoms with E-state index in [1.807, 2.05) is 6.92 Å². The molecular formula is C15H18N4S. The first-order chi connectivity index (χ1) is 9.47. The van der Waals surface area contributed by atoms with Crippen molar-refractivity contribution in [1.82, 2.24) is 14.5 Å². The highest BCUT2D eigenvalue weighted by molar-refractivity contribution is 7.11. The third-order valence-electron chi connectivity index (χ3n) is 3.58. The molecule has 104 valence electrons. The zero-order valence-electron chi connectivity index (χ0n) is 12.1. The van der Waals surface area contributed by atoms with Crippen LogP contribution in [0, 0.1) is 20.8 Å². The fourth-order valence-corrected chi connectivity index (χ4v) is 3.66. The maximum atomic E-state index is 6.13. The quantitative estimate of drug-likeness (QED) is 0.783. The van der Waals surface area contributed by atoms with Crippen LogP contribution in [0.15, 0.2) is 18.2 Å². The lowest BCUT2D eigenvalue weighted by Gasteiger charge is -2.15. The molecule has 0 fully saturated rings. The van der Waals surface area contributed by atoms with Crippen LogP contribution in [0.25, 0.3) is 11.0 Å². The second-order valence-corrected chi connectivity index (χ2v) is 6.43. The van der Waals surface area contributed by atoms with Gasteiger partial charge in [0.05, 0.1) is 32.7 Å². The first kappa shape index (κ1) is 13.1. The monoisotopic (exact) mass is 286 g/mol. The Morgan fingerprint density at radius 1 is 1.20 bits per heavy atom. The highest BCUT2D eigenvalue weighted by atomic mass is 32.1. The number of thiazole rings is 1. The summed E-state index contributed by atoms with van der Waals surface area (Å²) in [6, 6.07) is 6.40. The number of aromatic nitrogens is 3. The minimum Gasteiger partial charge on any atom is -0.369 e. The van der Waals surface area contributed by atoms with Gasteiger partial charge in [-0.3, -0.25) is 0 Å². The van der Waals surface area contributed by atoms with Crippen LogP contribution in [0.1, 0.15) is 34.1 Å². The van der Waals surface area contributed by atoms with E-state index in [-0.39, 0.29) is 6.04 Å². The SMILES string of the molecule is Cc1ccc2c(c1)nc(N)n2C(C)c1sc(C)nc1C. The van der Waals surface area contributed by atoms with Gasteiger partial charge < -0.3 is 10.3 Å². The first-order valence-corrected chi connectivity index (χ1v) is 7.47. The number of hydrogen-bond acceptors (Lipinski definition) is 4. The van der Waals surface area contributed by atoms with Crippen LogP contribution in [0.2, 0.25) is 0 Å². The topological polar surface area (TPSA) is 56.7 Å². The highest BCUT2D eigenvalue weighted by Crippen LogP contribution is 2.32. The molecule has 0 aliphatic heterocycles. The first-order valence-electron chi connectivity index (χ1n) is 6.65. The van der Waals surface area contributed by atoms with E-state index in [9.17, 15) is 0 Å². The van der Waals surface area contributed by atoms with Crippen LogP contribution in [-0.4, -0.2) is 14.5 Å². The summed E-state index contributed by atoms with van der Waals surface area (Å²) in [7, 11) is 0. The van der Waals surface area contributed by atoms with Crippen LogP contribution < -0.4 is 5.73 Å². The molecule has 0 saturated heterocycles. The van der Waals surface area contributed by atoms with Gasteiger partial charge in [-0.1, -0.05) is 6.07 Å². The van der Waals surface area contributed by atoms with Crippen molar-refractivity contribution in [2.45, 2.75) is 33.7 Å². The summed E-state index contributed by atoms with van der Waals surface area (Å²) >= 11 is 1.73. The fraction of sp³-hybridized carbons (Fsp3) is 0.333. The molecule has 5 heteroatoms. The molecule has 2 heterocycles.